The standard InChI is InChI=1S/C15H18N2O3S/c1-2-12-10-16-15(21-11-14(18)19)17(12)8-9-20-13-6-4-3-5-7-13/h3-7,10H,2,8-9,11H2,1H3,(H,18,19). The van der Waals surface area contributed by atoms with Gasteiger partial charge in [-0.15, -0.1) is 0 Å². The third-order valence-corrected chi connectivity index (χ3v) is 3.89. The van der Waals surface area contributed by atoms with E-state index in [4.69, 9.17) is 9.84 Å². The quantitative estimate of drug-likeness (QED) is 0.760. The number of nitrogens with zero attached hydrogens (tertiary/aromatic N) is 2. The molecule has 5 nitrogen and oxygen atoms in total. The van der Waals surface area contributed by atoms with Crippen LogP contribution in [0.3, 0.4) is 0 Å². The lowest BCUT2D eigenvalue weighted by Crippen LogP contribution is -2.12. The van der Waals surface area contributed by atoms with Gasteiger partial charge in [-0.25, -0.2) is 4.98 Å². The Morgan fingerprint density at radius 2 is 2.14 bits per heavy atom. The fourth-order valence-electron chi connectivity index (χ4n) is 1.93. The Bertz CT molecular complexity index is 584. The highest BCUT2D eigenvalue weighted by atomic mass is 32.2. The average Bonchev–Trinajstić information content (AvgIpc) is 2.88. The summed E-state index contributed by atoms with van der Waals surface area (Å²) in [6.07, 6.45) is 2.65. The van der Waals surface area contributed by atoms with E-state index in [1.54, 1.807) is 6.20 Å². The number of carboxylic acid groups (broad SMARTS) is 1. The van der Waals surface area contributed by atoms with Gasteiger partial charge >= 0.3 is 5.97 Å². The number of hydrogen-bond donors (Lipinski definition) is 1. The van der Waals surface area contributed by atoms with Gasteiger partial charge in [0.15, 0.2) is 5.16 Å². The van der Waals surface area contributed by atoms with Crippen molar-refractivity contribution < 1.29 is 14.6 Å². The van der Waals surface area contributed by atoms with Gasteiger partial charge in [-0.2, -0.15) is 0 Å². The van der Waals surface area contributed by atoms with Crippen molar-refractivity contribution in [2.75, 3.05) is 12.4 Å². The molecule has 0 radical (unpaired) electrons. The number of carbonyl (C=O) groups is 1. The largest absolute Gasteiger partial charge is 0.492 e. The second-order valence-electron chi connectivity index (χ2n) is 4.38. The molecule has 1 aromatic carbocycles. The molecule has 1 N–H and O–H groups in total. The number of rotatable bonds is 8. The molecule has 0 aliphatic carbocycles. The van der Waals surface area contributed by atoms with E-state index in [-0.39, 0.29) is 5.75 Å². The van der Waals surface area contributed by atoms with Crippen molar-refractivity contribution >= 4 is 17.7 Å². The fraction of sp³-hybridized carbons (Fsp3) is 0.333. The average molecular weight is 306 g/mol. The van der Waals surface area contributed by atoms with Gasteiger partial charge < -0.3 is 14.4 Å². The molecule has 112 valence electrons. The number of aryl methyl sites for hydroxylation is 1. The monoisotopic (exact) mass is 306 g/mol. The van der Waals surface area contributed by atoms with Gasteiger partial charge in [0.25, 0.3) is 0 Å². The summed E-state index contributed by atoms with van der Waals surface area (Å²) in [7, 11) is 0. The summed E-state index contributed by atoms with van der Waals surface area (Å²) in [5, 5.41) is 9.50. The minimum Gasteiger partial charge on any atom is -0.492 e. The van der Waals surface area contributed by atoms with Gasteiger partial charge in [0.2, 0.25) is 0 Å². The predicted molar refractivity (Wildman–Crippen MR) is 81.9 cm³/mol. The predicted octanol–water partition coefficient (Wildman–Crippen LogP) is 2.70. The van der Waals surface area contributed by atoms with Crippen LogP contribution in [0, 0.1) is 0 Å². The zero-order chi connectivity index (χ0) is 15.1. The number of imidazole rings is 1. The number of ether oxygens (including phenoxy) is 1. The van der Waals surface area contributed by atoms with Gasteiger partial charge in [-0.3, -0.25) is 4.79 Å². The molecule has 0 bridgehead atoms. The number of benzene rings is 1. The molecule has 0 atom stereocenters. The molecule has 0 saturated carbocycles. The third-order valence-electron chi connectivity index (χ3n) is 2.92. The molecule has 0 aliphatic heterocycles. The van der Waals surface area contributed by atoms with E-state index in [9.17, 15) is 4.79 Å². The van der Waals surface area contributed by atoms with E-state index in [2.05, 4.69) is 11.9 Å². The highest BCUT2D eigenvalue weighted by Crippen LogP contribution is 2.19. The van der Waals surface area contributed by atoms with Gasteiger partial charge in [0, 0.05) is 11.9 Å². The summed E-state index contributed by atoms with van der Waals surface area (Å²) >= 11 is 1.23. The van der Waals surface area contributed by atoms with Crippen LogP contribution in [0.2, 0.25) is 0 Å². The molecule has 1 aromatic heterocycles. The first-order valence-electron chi connectivity index (χ1n) is 6.77. The summed E-state index contributed by atoms with van der Waals surface area (Å²) < 4.78 is 7.71. The van der Waals surface area contributed by atoms with Crippen LogP contribution < -0.4 is 4.74 Å². The molecular weight excluding hydrogens is 288 g/mol. The van der Waals surface area contributed by atoms with Crippen LogP contribution in [-0.4, -0.2) is 33.0 Å². The number of aromatic nitrogens is 2. The Hall–Kier alpha value is -1.95. The zero-order valence-electron chi connectivity index (χ0n) is 11.9. The Morgan fingerprint density at radius 3 is 2.81 bits per heavy atom. The minimum absolute atomic E-state index is 0.0136. The summed E-state index contributed by atoms with van der Waals surface area (Å²) in [5.74, 6) is 0.00299. The van der Waals surface area contributed by atoms with Crippen molar-refractivity contribution in [1.82, 2.24) is 9.55 Å². The molecule has 6 heteroatoms. The molecule has 0 aliphatic rings. The lowest BCUT2D eigenvalue weighted by Gasteiger charge is -2.11. The molecule has 0 unspecified atom stereocenters. The first-order chi connectivity index (χ1) is 10.2. The van der Waals surface area contributed by atoms with Crippen LogP contribution in [0.4, 0.5) is 0 Å². The van der Waals surface area contributed by atoms with Crippen LogP contribution in [0.15, 0.2) is 41.7 Å². The first-order valence-corrected chi connectivity index (χ1v) is 7.76. The molecule has 0 fully saturated rings. The second kappa shape index (κ2) is 7.73. The van der Waals surface area contributed by atoms with Crippen LogP contribution in [0.5, 0.6) is 5.75 Å². The maximum absolute atomic E-state index is 10.7. The first kappa shape index (κ1) is 15.4. The lowest BCUT2D eigenvalue weighted by molar-refractivity contribution is -0.133. The Morgan fingerprint density at radius 1 is 1.38 bits per heavy atom. The number of thioether (sulfide) groups is 1. The van der Waals surface area contributed by atoms with Crippen LogP contribution in [0.1, 0.15) is 12.6 Å². The van der Waals surface area contributed by atoms with Crippen LogP contribution in [-0.2, 0) is 17.8 Å². The van der Waals surface area contributed by atoms with E-state index in [0.29, 0.717) is 13.2 Å². The molecule has 0 spiro atoms. The summed E-state index contributed by atoms with van der Waals surface area (Å²) in [6, 6.07) is 9.62. The van der Waals surface area contributed by atoms with Crippen molar-refractivity contribution in [2.24, 2.45) is 0 Å². The maximum Gasteiger partial charge on any atom is 0.313 e. The topological polar surface area (TPSA) is 64.3 Å². The van der Waals surface area contributed by atoms with Crippen molar-refractivity contribution in [3.05, 3.63) is 42.2 Å². The van der Waals surface area contributed by atoms with E-state index < -0.39 is 5.97 Å². The Balaban J connectivity index is 1.97. The van der Waals surface area contributed by atoms with Crippen molar-refractivity contribution in [2.45, 2.75) is 25.0 Å². The van der Waals surface area contributed by atoms with E-state index in [0.717, 1.165) is 23.0 Å². The SMILES string of the molecule is CCc1cnc(SCC(=O)O)n1CCOc1ccccc1. The van der Waals surface area contributed by atoms with Crippen molar-refractivity contribution in [1.29, 1.82) is 0 Å². The summed E-state index contributed by atoms with van der Waals surface area (Å²) in [4.78, 5) is 15.0. The molecule has 1 heterocycles. The molecule has 2 aromatic rings. The van der Waals surface area contributed by atoms with E-state index >= 15 is 0 Å². The fourth-order valence-corrected chi connectivity index (χ4v) is 2.67. The Labute approximate surface area is 128 Å². The van der Waals surface area contributed by atoms with Gasteiger partial charge in [0.05, 0.1) is 12.3 Å². The third kappa shape index (κ3) is 4.53. The molecular formula is C15H18N2O3S. The molecule has 2 rings (SSSR count). The summed E-state index contributed by atoms with van der Waals surface area (Å²) in [6.45, 7) is 3.23. The Kier molecular flexibility index (Phi) is 5.68. The number of carboxylic acids is 1. The van der Waals surface area contributed by atoms with Crippen LogP contribution >= 0.6 is 11.8 Å². The van der Waals surface area contributed by atoms with Crippen LogP contribution in [0.25, 0.3) is 0 Å². The molecule has 21 heavy (non-hydrogen) atoms. The van der Waals surface area contributed by atoms with E-state index in [1.807, 2.05) is 34.9 Å². The highest BCUT2D eigenvalue weighted by Gasteiger charge is 2.11. The lowest BCUT2D eigenvalue weighted by atomic mass is 10.3. The second-order valence-corrected chi connectivity index (χ2v) is 5.32. The number of aliphatic carboxylic acids is 1. The zero-order valence-corrected chi connectivity index (χ0v) is 12.7. The highest BCUT2D eigenvalue weighted by molar-refractivity contribution is 7.99. The van der Waals surface area contributed by atoms with Gasteiger partial charge in [-0.05, 0) is 18.6 Å². The normalized spacial score (nSPS) is 10.5. The van der Waals surface area contributed by atoms with E-state index in [1.165, 1.54) is 11.8 Å². The maximum atomic E-state index is 10.7. The smallest absolute Gasteiger partial charge is 0.313 e. The number of hydrogen-bond acceptors (Lipinski definition) is 4. The van der Waals surface area contributed by atoms with Crippen molar-refractivity contribution in [3.8, 4) is 5.75 Å². The molecule has 0 saturated heterocycles. The van der Waals surface area contributed by atoms with Crippen molar-refractivity contribution in [3.63, 3.8) is 0 Å². The van der Waals surface area contributed by atoms with Gasteiger partial charge in [-0.1, -0.05) is 36.9 Å². The summed E-state index contributed by atoms with van der Waals surface area (Å²) in [5.41, 5.74) is 1.08. The van der Waals surface area contributed by atoms with Gasteiger partial charge in [0.1, 0.15) is 12.4 Å². The molecule has 0 amide bonds. The number of para-hydroxylation sites is 1. The minimum atomic E-state index is -0.840.